The molecule has 0 radical (unpaired) electrons. The van der Waals surface area contributed by atoms with Crippen molar-refractivity contribution < 1.29 is 0 Å². The Hall–Kier alpha value is -0.870. The van der Waals surface area contributed by atoms with Crippen LogP contribution < -0.4 is 5.32 Å². The molecule has 4 heteroatoms. The largest absolute Gasteiger partial charge is 0.347 e. The molecule has 2 aliphatic heterocycles. The van der Waals surface area contributed by atoms with Gasteiger partial charge in [0.15, 0.2) is 0 Å². The van der Waals surface area contributed by atoms with Gasteiger partial charge in [-0.25, -0.2) is 4.98 Å². The van der Waals surface area contributed by atoms with Crippen LogP contribution >= 0.6 is 0 Å². The molecule has 1 aromatic rings. The Morgan fingerprint density at radius 3 is 2.82 bits per heavy atom. The lowest BCUT2D eigenvalue weighted by molar-refractivity contribution is 0.156. The van der Waals surface area contributed by atoms with E-state index in [0.717, 1.165) is 18.5 Å². The van der Waals surface area contributed by atoms with Gasteiger partial charge in [-0.1, -0.05) is 0 Å². The molecule has 1 atom stereocenters. The fourth-order valence-corrected chi connectivity index (χ4v) is 3.24. The number of hydrogen-bond donors (Lipinski definition) is 2. The minimum Gasteiger partial charge on any atom is -0.347 e. The lowest BCUT2D eigenvalue weighted by atomic mass is 9.88. The Morgan fingerprint density at radius 1 is 1.29 bits per heavy atom. The fourth-order valence-electron chi connectivity index (χ4n) is 3.24. The van der Waals surface area contributed by atoms with Crippen molar-refractivity contribution in [1.82, 2.24) is 20.2 Å². The van der Waals surface area contributed by atoms with E-state index in [2.05, 4.69) is 20.2 Å². The van der Waals surface area contributed by atoms with Crippen molar-refractivity contribution in [2.45, 2.75) is 38.3 Å². The quantitative estimate of drug-likeness (QED) is 0.830. The smallest absolute Gasteiger partial charge is 0.0922 e. The van der Waals surface area contributed by atoms with E-state index >= 15 is 0 Å². The second kappa shape index (κ2) is 5.19. The van der Waals surface area contributed by atoms with E-state index in [0.29, 0.717) is 0 Å². The van der Waals surface area contributed by atoms with Crippen LogP contribution in [0.3, 0.4) is 0 Å². The molecule has 3 heterocycles. The van der Waals surface area contributed by atoms with E-state index in [4.69, 9.17) is 0 Å². The first kappa shape index (κ1) is 11.2. The van der Waals surface area contributed by atoms with Gasteiger partial charge < -0.3 is 10.3 Å². The second-order valence-electron chi connectivity index (χ2n) is 5.39. The van der Waals surface area contributed by atoms with Crippen molar-refractivity contribution in [3.05, 3.63) is 18.2 Å². The van der Waals surface area contributed by atoms with E-state index in [1.807, 2.05) is 6.20 Å². The third-order valence-corrected chi connectivity index (χ3v) is 4.25. The highest BCUT2D eigenvalue weighted by atomic mass is 15.1. The second-order valence-corrected chi connectivity index (χ2v) is 5.39. The summed E-state index contributed by atoms with van der Waals surface area (Å²) in [5.74, 6) is 0.913. The standard InChI is InChI=1S/C13H22N4/c1-2-13(15-5-1)11-3-6-17(7-4-11)9-12-8-14-10-16-12/h8,10-11,13,15H,1-7,9H2,(H,14,16). The zero-order valence-corrected chi connectivity index (χ0v) is 10.4. The van der Waals surface area contributed by atoms with Crippen LogP contribution in [-0.2, 0) is 6.54 Å². The maximum Gasteiger partial charge on any atom is 0.0922 e. The first-order valence-electron chi connectivity index (χ1n) is 6.85. The van der Waals surface area contributed by atoms with Crippen molar-refractivity contribution in [2.24, 2.45) is 5.92 Å². The highest BCUT2D eigenvalue weighted by molar-refractivity contribution is 4.95. The number of hydrogen-bond acceptors (Lipinski definition) is 3. The maximum absolute atomic E-state index is 4.07. The zero-order chi connectivity index (χ0) is 11.5. The summed E-state index contributed by atoms with van der Waals surface area (Å²) >= 11 is 0. The number of aromatic nitrogens is 2. The van der Waals surface area contributed by atoms with Crippen LogP contribution in [0.15, 0.2) is 12.5 Å². The number of H-pyrrole nitrogens is 1. The van der Waals surface area contributed by atoms with Gasteiger partial charge in [0.2, 0.25) is 0 Å². The predicted octanol–water partition coefficient (Wildman–Crippen LogP) is 1.37. The number of aromatic amines is 1. The van der Waals surface area contributed by atoms with Gasteiger partial charge in [0, 0.05) is 24.5 Å². The third kappa shape index (κ3) is 2.69. The molecule has 1 aromatic heterocycles. The number of rotatable bonds is 3. The predicted molar refractivity (Wildman–Crippen MR) is 67.6 cm³/mol. The molecule has 4 nitrogen and oxygen atoms in total. The van der Waals surface area contributed by atoms with Crippen molar-refractivity contribution >= 4 is 0 Å². The summed E-state index contributed by atoms with van der Waals surface area (Å²) in [6.45, 7) is 4.74. The van der Waals surface area contributed by atoms with E-state index < -0.39 is 0 Å². The van der Waals surface area contributed by atoms with Crippen LogP contribution in [0.5, 0.6) is 0 Å². The molecule has 17 heavy (non-hydrogen) atoms. The van der Waals surface area contributed by atoms with Crippen molar-refractivity contribution in [2.75, 3.05) is 19.6 Å². The lowest BCUT2D eigenvalue weighted by Crippen LogP contribution is -2.40. The van der Waals surface area contributed by atoms with Crippen LogP contribution in [-0.4, -0.2) is 40.5 Å². The molecule has 2 saturated heterocycles. The van der Waals surface area contributed by atoms with Crippen LogP contribution in [0.4, 0.5) is 0 Å². The Balaban J connectivity index is 1.47. The van der Waals surface area contributed by atoms with Gasteiger partial charge in [0.1, 0.15) is 0 Å². The summed E-state index contributed by atoms with van der Waals surface area (Å²) in [6.07, 6.45) is 9.18. The summed E-state index contributed by atoms with van der Waals surface area (Å²) in [5, 5.41) is 3.65. The number of imidazole rings is 1. The molecular weight excluding hydrogens is 212 g/mol. The van der Waals surface area contributed by atoms with Crippen molar-refractivity contribution in [3.8, 4) is 0 Å². The topological polar surface area (TPSA) is 44.0 Å². The molecular formula is C13H22N4. The molecule has 0 aliphatic carbocycles. The highest BCUT2D eigenvalue weighted by Crippen LogP contribution is 2.26. The summed E-state index contributed by atoms with van der Waals surface area (Å²) in [4.78, 5) is 9.80. The van der Waals surface area contributed by atoms with Crippen LogP contribution in [0.1, 0.15) is 31.4 Å². The molecule has 0 saturated carbocycles. The summed E-state index contributed by atoms with van der Waals surface area (Å²) in [5.41, 5.74) is 1.24. The monoisotopic (exact) mass is 234 g/mol. The Morgan fingerprint density at radius 2 is 2.18 bits per heavy atom. The van der Waals surface area contributed by atoms with Crippen molar-refractivity contribution in [1.29, 1.82) is 0 Å². The number of nitrogens with one attached hydrogen (secondary N) is 2. The molecule has 1 unspecified atom stereocenters. The van der Waals surface area contributed by atoms with Gasteiger partial charge in [0.25, 0.3) is 0 Å². The molecule has 94 valence electrons. The molecule has 2 N–H and O–H groups in total. The minimum absolute atomic E-state index is 0.810. The van der Waals surface area contributed by atoms with Gasteiger partial charge in [-0.15, -0.1) is 0 Å². The fraction of sp³-hybridized carbons (Fsp3) is 0.769. The van der Waals surface area contributed by atoms with Gasteiger partial charge in [-0.2, -0.15) is 0 Å². The van der Waals surface area contributed by atoms with Crippen LogP contribution in [0.25, 0.3) is 0 Å². The van der Waals surface area contributed by atoms with E-state index in [1.54, 1.807) is 6.33 Å². The van der Waals surface area contributed by atoms with Gasteiger partial charge >= 0.3 is 0 Å². The average molecular weight is 234 g/mol. The normalized spacial score (nSPS) is 27.6. The molecule has 0 bridgehead atoms. The summed E-state index contributed by atoms with van der Waals surface area (Å²) in [6, 6.07) is 0.810. The Kier molecular flexibility index (Phi) is 3.43. The Labute approximate surface area is 103 Å². The third-order valence-electron chi connectivity index (χ3n) is 4.25. The molecule has 2 fully saturated rings. The van der Waals surface area contributed by atoms with Gasteiger partial charge in [-0.3, -0.25) is 4.90 Å². The zero-order valence-electron chi connectivity index (χ0n) is 10.4. The molecule has 0 aromatic carbocycles. The maximum atomic E-state index is 4.07. The number of likely N-dealkylation sites (tertiary alicyclic amines) is 1. The van der Waals surface area contributed by atoms with E-state index in [-0.39, 0.29) is 0 Å². The van der Waals surface area contributed by atoms with Gasteiger partial charge in [-0.05, 0) is 51.2 Å². The van der Waals surface area contributed by atoms with Crippen LogP contribution in [0.2, 0.25) is 0 Å². The summed E-state index contributed by atoms with van der Waals surface area (Å²) in [7, 11) is 0. The number of nitrogens with zero attached hydrogens (tertiary/aromatic N) is 2. The van der Waals surface area contributed by atoms with E-state index in [1.165, 1.54) is 51.0 Å². The van der Waals surface area contributed by atoms with E-state index in [9.17, 15) is 0 Å². The highest BCUT2D eigenvalue weighted by Gasteiger charge is 2.28. The average Bonchev–Trinajstić information content (AvgIpc) is 3.01. The first-order chi connectivity index (χ1) is 8.42. The molecule has 0 spiro atoms. The van der Waals surface area contributed by atoms with Crippen molar-refractivity contribution in [3.63, 3.8) is 0 Å². The van der Waals surface area contributed by atoms with Crippen LogP contribution in [0, 0.1) is 5.92 Å². The molecule has 3 rings (SSSR count). The first-order valence-corrected chi connectivity index (χ1v) is 6.85. The Bertz CT molecular complexity index is 321. The van der Waals surface area contributed by atoms with Gasteiger partial charge in [0.05, 0.1) is 6.33 Å². The lowest BCUT2D eigenvalue weighted by Gasteiger charge is -2.34. The molecule has 0 amide bonds. The number of piperidine rings is 1. The summed E-state index contributed by atoms with van der Waals surface area (Å²) < 4.78 is 0. The SMILES string of the molecule is c1ncc(CN2CCC(C3CCCN3)CC2)[nH]1. The minimum atomic E-state index is 0.810. The molecule has 2 aliphatic rings.